The molecule has 1 amide bonds. The molecule has 9 heteroatoms. The summed E-state index contributed by atoms with van der Waals surface area (Å²) in [5.74, 6) is 2.95. The maximum absolute atomic E-state index is 13.8. The number of likely N-dealkylation sites (N-methyl/N-ethyl adjacent to an activating group) is 1. The van der Waals surface area contributed by atoms with Gasteiger partial charge in [-0.2, -0.15) is 0 Å². The summed E-state index contributed by atoms with van der Waals surface area (Å²) in [4.78, 5) is 38.7. The molecule has 3 aromatic carbocycles. The second kappa shape index (κ2) is 10.0. The van der Waals surface area contributed by atoms with Gasteiger partial charge in [0.1, 0.15) is 23.2 Å². The predicted molar refractivity (Wildman–Crippen MR) is 158 cm³/mol. The predicted octanol–water partition coefficient (Wildman–Crippen LogP) is 6.04. The minimum atomic E-state index is -0.343. The first-order valence-corrected chi connectivity index (χ1v) is 13.9. The number of H-pyrrole nitrogens is 2. The van der Waals surface area contributed by atoms with Crippen LogP contribution in [0.15, 0.2) is 77.3 Å². The number of benzene rings is 3. The van der Waals surface area contributed by atoms with Crippen LogP contribution in [-0.4, -0.2) is 61.3 Å². The molecular weight excluding hydrogens is 514 g/mol. The van der Waals surface area contributed by atoms with Gasteiger partial charge in [0.2, 0.25) is 11.8 Å². The maximum atomic E-state index is 13.8. The van der Waals surface area contributed by atoms with Crippen molar-refractivity contribution in [2.45, 2.75) is 31.8 Å². The number of aromatic nitrogens is 5. The zero-order chi connectivity index (χ0) is 28.1. The van der Waals surface area contributed by atoms with Crippen LogP contribution in [-0.2, 0) is 4.79 Å². The number of hydrogen-bond acceptors (Lipinski definition) is 6. The summed E-state index contributed by atoms with van der Waals surface area (Å²) in [6.07, 6.45) is 3.56. The Kier molecular flexibility index (Phi) is 6.16. The Morgan fingerprint density at radius 1 is 1.02 bits per heavy atom. The van der Waals surface area contributed by atoms with E-state index in [1.54, 1.807) is 6.20 Å². The Bertz CT molecular complexity index is 1870. The van der Waals surface area contributed by atoms with E-state index in [1.807, 2.05) is 97.5 Å². The molecular formula is C32H31N7O2. The van der Waals surface area contributed by atoms with Crippen LogP contribution in [0.4, 0.5) is 0 Å². The number of nitrogens with one attached hydrogen (secondary N) is 2. The lowest BCUT2D eigenvalue weighted by molar-refractivity contribution is -0.137. The van der Waals surface area contributed by atoms with Crippen LogP contribution in [0.2, 0.25) is 0 Å². The second-order valence-electron chi connectivity index (χ2n) is 10.9. The maximum Gasteiger partial charge on any atom is 0.245 e. The Morgan fingerprint density at radius 3 is 2.71 bits per heavy atom. The monoisotopic (exact) mass is 545 g/mol. The van der Waals surface area contributed by atoms with Crippen molar-refractivity contribution in [3.05, 3.63) is 90.1 Å². The normalized spacial score (nSPS) is 16.3. The number of hydrogen-bond donors (Lipinski definition) is 2. The summed E-state index contributed by atoms with van der Waals surface area (Å²) in [6, 6.07) is 21.5. The molecule has 41 heavy (non-hydrogen) atoms. The molecule has 0 bridgehead atoms. The van der Waals surface area contributed by atoms with E-state index in [0.717, 1.165) is 63.2 Å². The Balaban J connectivity index is 1.17. The lowest BCUT2D eigenvalue weighted by Gasteiger charge is -2.31. The molecule has 1 saturated heterocycles. The summed E-state index contributed by atoms with van der Waals surface area (Å²) in [7, 11) is 3.91. The van der Waals surface area contributed by atoms with Gasteiger partial charge in [-0.3, -0.25) is 9.69 Å². The molecule has 1 aliphatic rings. The fraction of sp³-hybridized carbons (Fsp3) is 0.250. The van der Waals surface area contributed by atoms with Crippen molar-refractivity contribution in [1.82, 2.24) is 34.7 Å². The molecule has 2 N–H and O–H groups in total. The highest BCUT2D eigenvalue weighted by atomic mass is 16.4. The molecule has 4 heterocycles. The minimum absolute atomic E-state index is 0.0980. The quantitative estimate of drug-likeness (QED) is 0.264. The summed E-state index contributed by atoms with van der Waals surface area (Å²) < 4.78 is 6.21. The van der Waals surface area contributed by atoms with Gasteiger partial charge in [0.05, 0.1) is 34.4 Å². The number of likely N-dealkylation sites (tertiary alicyclic amines) is 1. The van der Waals surface area contributed by atoms with E-state index in [-0.39, 0.29) is 18.0 Å². The van der Waals surface area contributed by atoms with E-state index in [0.29, 0.717) is 18.2 Å². The SMILES string of the molecule is Cc1nc2c(-c3ncc(-c4ccc5nc([C@@H]6CCCN6C(=O)[C@@H](c6ccccc6)N(C)C)[nH]c5c4)o3)cccc2[nH]1. The molecule has 7 rings (SSSR count). The van der Waals surface area contributed by atoms with Crippen molar-refractivity contribution in [1.29, 1.82) is 0 Å². The highest BCUT2D eigenvalue weighted by Crippen LogP contribution is 2.36. The van der Waals surface area contributed by atoms with E-state index in [9.17, 15) is 4.79 Å². The number of aromatic amines is 2. The Labute approximate surface area is 237 Å². The molecule has 6 aromatic rings. The number of para-hydroxylation sites is 1. The van der Waals surface area contributed by atoms with Gasteiger partial charge in [0, 0.05) is 12.1 Å². The van der Waals surface area contributed by atoms with E-state index < -0.39 is 0 Å². The summed E-state index contributed by atoms with van der Waals surface area (Å²) in [6.45, 7) is 2.65. The minimum Gasteiger partial charge on any atom is -0.436 e. The largest absolute Gasteiger partial charge is 0.436 e. The van der Waals surface area contributed by atoms with Crippen LogP contribution in [0.25, 0.3) is 44.8 Å². The first kappa shape index (κ1) is 25.2. The molecule has 0 aliphatic carbocycles. The van der Waals surface area contributed by atoms with Crippen molar-refractivity contribution in [2.75, 3.05) is 20.6 Å². The average Bonchev–Trinajstić information content (AvgIpc) is 3.77. The number of aryl methyl sites for hydroxylation is 1. The van der Waals surface area contributed by atoms with E-state index in [4.69, 9.17) is 9.40 Å². The molecule has 9 nitrogen and oxygen atoms in total. The van der Waals surface area contributed by atoms with Crippen molar-refractivity contribution in [2.24, 2.45) is 0 Å². The smallest absolute Gasteiger partial charge is 0.245 e. The molecule has 1 fully saturated rings. The topological polar surface area (TPSA) is 107 Å². The van der Waals surface area contributed by atoms with Crippen molar-refractivity contribution < 1.29 is 9.21 Å². The number of carbonyl (C=O) groups excluding carboxylic acids is 1. The van der Waals surface area contributed by atoms with Crippen LogP contribution in [0.3, 0.4) is 0 Å². The van der Waals surface area contributed by atoms with Gasteiger partial charge in [0.25, 0.3) is 0 Å². The molecule has 2 atom stereocenters. The molecule has 1 aliphatic heterocycles. The third-order valence-electron chi connectivity index (χ3n) is 7.87. The van der Waals surface area contributed by atoms with Gasteiger partial charge >= 0.3 is 0 Å². The van der Waals surface area contributed by atoms with Gasteiger partial charge in [-0.1, -0.05) is 36.4 Å². The molecule has 0 saturated carbocycles. The standard InChI is InChI=1S/C32H31N7O2/c1-19-34-24-12-7-11-22(28(24)35-19)31-33-18-27(41-31)21-14-15-23-25(17-21)37-30(36-23)26-13-8-16-39(26)32(40)29(38(2)3)20-9-5-4-6-10-20/h4-7,9-12,14-15,17-18,26,29H,8,13,16H2,1-3H3,(H,34,35)(H,36,37)/t26-,29+/m0/s1. The van der Waals surface area contributed by atoms with Crippen LogP contribution < -0.4 is 0 Å². The molecule has 0 unspecified atom stereocenters. The lowest BCUT2D eigenvalue weighted by atomic mass is 10.0. The van der Waals surface area contributed by atoms with Gasteiger partial charge in [0.15, 0.2) is 5.76 Å². The second-order valence-corrected chi connectivity index (χ2v) is 10.9. The zero-order valence-electron chi connectivity index (χ0n) is 23.3. The number of carbonyl (C=O) groups is 1. The number of oxazole rings is 1. The van der Waals surface area contributed by atoms with E-state index in [2.05, 4.69) is 19.9 Å². The van der Waals surface area contributed by atoms with E-state index >= 15 is 0 Å². The third kappa shape index (κ3) is 4.48. The number of rotatable bonds is 6. The molecule has 0 radical (unpaired) electrons. The number of nitrogens with zero attached hydrogens (tertiary/aromatic N) is 5. The van der Waals surface area contributed by atoms with Gasteiger partial charge in [-0.05, 0) is 69.8 Å². The fourth-order valence-corrected chi connectivity index (χ4v) is 5.97. The van der Waals surface area contributed by atoms with Crippen molar-refractivity contribution >= 4 is 28.0 Å². The van der Waals surface area contributed by atoms with Crippen LogP contribution in [0, 0.1) is 6.92 Å². The lowest BCUT2D eigenvalue weighted by Crippen LogP contribution is -2.40. The average molecular weight is 546 g/mol. The van der Waals surface area contributed by atoms with Gasteiger partial charge < -0.3 is 19.3 Å². The highest BCUT2D eigenvalue weighted by molar-refractivity contribution is 5.90. The Hall–Kier alpha value is -4.76. The fourth-order valence-electron chi connectivity index (χ4n) is 5.97. The first-order valence-electron chi connectivity index (χ1n) is 13.9. The number of imidazole rings is 2. The summed E-state index contributed by atoms with van der Waals surface area (Å²) in [5, 5.41) is 0. The number of fused-ring (bicyclic) bond motifs is 2. The zero-order valence-corrected chi connectivity index (χ0v) is 23.3. The van der Waals surface area contributed by atoms with Crippen LogP contribution >= 0.6 is 0 Å². The molecule has 0 spiro atoms. The number of amides is 1. The highest BCUT2D eigenvalue weighted by Gasteiger charge is 2.37. The molecule has 206 valence electrons. The Morgan fingerprint density at radius 2 is 1.88 bits per heavy atom. The van der Waals surface area contributed by atoms with E-state index in [1.165, 1.54) is 0 Å². The van der Waals surface area contributed by atoms with Crippen molar-refractivity contribution in [3.63, 3.8) is 0 Å². The van der Waals surface area contributed by atoms with Gasteiger partial charge in [-0.25, -0.2) is 15.0 Å². The molecule has 3 aromatic heterocycles. The third-order valence-corrected chi connectivity index (χ3v) is 7.87. The first-order chi connectivity index (χ1) is 20.0. The summed E-state index contributed by atoms with van der Waals surface area (Å²) >= 11 is 0. The van der Waals surface area contributed by atoms with Crippen molar-refractivity contribution in [3.8, 4) is 22.8 Å². The summed E-state index contributed by atoms with van der Waals surface area (Å²) in [5.41, 5.74) is 6.28. The van der Waals surface area contributed by atoms with Crippen LogP contribution in [0.1, 0.15) is 42.1 Å². The van der Waals surface area contributed by atoms with Crippen LogP contribution in [0.5, 0.6) is 0 Å². The van der Waals surface area contributed by atoms with Gasteiger partial charge in [-0.15, -0.1) is 0 Å².